The highest BCUT2D eigenvalue weighted by molar-refractivity contribution is 5.89. The Hall–Kier alpha value is -2.61. The Morgan fingerprint density at radius 2 is 1.73 bits per heavy atom. The summed E-state index contributed by atoms with van der Waals surface area (Å²) in [4.78, 5) is 11.6. The Morgan fingerprint density at radius 3 is 2.47 bits per heavy atom. The first-order valence-corrected chi connectivity index (χ1v) is 10.8. The van der Waals surface area contributed by atoms with Crippen LogP contribution in [0, 0.1) is 11.8 Å². The second-order valence-electron chi connectivity index (χ2n) is 7.16. The fourth-order valence-electron chi connectivity index (χ4n) is 2.93. The average molecular weight is 408 g/mol. The van der Waals surface area contributed by atoms with E-state index in [1.165, 1.54) is 24.8 Å². The van der Waals surface area contributed by atoms with E-state index in [4.69, 9.17) is 9.47 Å². The normalized spacial score (nSPS) is 11.4. The topological polar surface area (TPSA) is 47.6 Å². The van der Waals surface area contributed by atoms with Gasteiger partial charge in [0, 0.05) is 18.7 Å². The monoisotopic (exact) mass is 407 g/mol. The molecule has 4 nitrogen and oxygen atoms in total. The Morgan fingerprint density at radius 1 is 1.00 bits per heavy atom. The van der Waals surface area contributed by atoms with Crippen LogP contribution in [0.4, 0.5) is 0 Å². The fraction of sp³-hybridized carbons (Fsp3) is 0.423. The van der Waals surface area contributed by atoms with Crippen LogP contribution in [-0.2, 0) is 16.0 Å². The zero-order valence-electron chi connectivity index (χ0n) is 18.2. The molecule has 0 saturated heterocycles. The molecule has 0 aliphatic heterocycles. The van der Waals surface area contributed by atoms with E-state index in [0.29, 0.717) is 12.2 Å². The molecule has 30 heavy (non-hydrogen) atoms. The second-order valence-corrected chi connectivity index (χ2v) is 7.16. The molecule has 1 atom stereocenters. The van der Waals surface area contributed by atoms with E-state index in [2.05, 4.69) is 41.4 Å². The summed E-state index contributed by atoms with van der Waals surface area (Å²) in [5.41, 5.74) is 2.74. The fourth-order valence-corrected chi connectivity index (χ4v) is 2.93. The van der Waals surface area contributed by atoms with Crippen molar-refractivity contribution in [2.24, 2.45) is 0 Å². The summed E-state index contributed by atoms with van der Waals surface area (Å²) in [6.45, 7) is 6.85. The number of esters is 1. The van der Waals surface area contributed by atoms with Crippen molar-refractivity contribution in [3.05, 3.63) is 71.3 Å². The Kier molecular flexibility index (Phi) is 11.3. The summed E-state index contributed by atoms with van der Waals surface area (Å²) >= 11 is 0. The van der Waals surface area contributed by atoms with E-state index in [1.54, 1.807) is 19.1 Å². The number of benzene rings is 2. The predicted molar refractivity (Wildman–Crippen MR) is 121 cm³/mol. The smallest absolute Gasteiger partial charge is 0.338 e. The van der Waals surface area contributed by atoms with E-state index < -0.39 is 0 Å². The Labute approximate surface area is 181 Å². The molecule has 0 saturated carbocycles. The number of nitrogens with one attached hydrogen (secondary N) is 1. The van der Waals surface area contributed by atoms with Gasteiger partial charge in [0.1, 0.15) is 6.10 Å². The van der Waals surface area contributed by atoms with Crippen LogP contribution in [-0.4, -0.2) is 31.8 Å². The van der Waals surface area contributed by atoms with E-state index in [0.717, 1.165) is 31.7 Å². The van der Waals surface area contributed by atoms with E-state index in [9.17, 15) is 4.79 Å². The van der Waals surface area contributed by atoms with Crippen molar-refractivity contribution >= 4 is 5.97 Å². The van der Waals surface area contributed by atoms with Gasteiger partial charge in [-0.05, 0) is 63.1 Å². The quantitative estimate of drug-likeness (QED) is 0.307. The number of carbonyl (C=O) groups excluding carboxylic acids is 1. The largest absolute Gasteiger partial charge is 0.462 e. The lowest BCUT2D eigenvalue weighted by atomic mass is 10.1. The molecule has 0 radical (unpaired) electrons. The SMILES string of the molecule is CCOC(=O)c1ccc(C#CC(C)OCCCCCCNCc2ccccc2)cc1. The molecule has 0 spiro atoms. The van der Waals surface area contributed by atoms with Gasteiger partial charge >= 0.3 is 5.97 Å². The zero-order valence-corrected chi connectivity index (χ0v) is 18.2. The molecule has 1 N–H and O–H groups in total. The van der Waals surface area contributed by atoms with E-state index in [-0.39, 0.29) is 12.1 Å². The van der Waals surface area contributed by atoms with Gasteiger partial charge in [-0.2, -0.15) is 0 Å². The standard InChI is InChI=1S/C26H33NO3/c1-3-29-26(28)25-17-15-23(16-18-25)14-13-22(2)30-20-10-5-4-9-19-27-21-24-11-7-6-8-12-24/h6-8,11-12,15-18,22,27H,3-5,9-10,19-21H2,1-2H3. The van der Waals surface area contributed by atoms with Crippen LogP contribution in [0.5, 0.6) is 0 Å². The van der Waals surface area contributed by atoms with Crippen LogP contribution < -0.4 is 5.32 Å². The molecule has 0 bridgehead atoms. The number of carbonyl (C=O) groups is 1. The Bertz CT molecular complexity index is 791. The van der Waals surface area contributed by atoms with Crippen molar-refractivity contribution < 1.29 is 14.3 Å². The van der Waals surface area contributed by atoms with Gasteiger partial charge in [-0.15, -0.1) is 0 Å². The maximum atomic E-state index is 11.6. The third-order valence-corrected chi connectivity index (χ3v) is 4.60. The summed E-state index contributed by atoms with van der Waals surface area (Å²) in [6, 6.07) is 17.6. The molecular weight excluding hydrogens is 374 g/mol. The first-order chi connectivity index (χ1) is 14.7. The van der Waals surface area contributed by atoms with Crippen molar-refractivity contribution in [3.63, 3.8) is 0 Å². The van der Waals surface area contributed by atoms with E-state index in [1.807, 2.05) is 25.1 Å². The minimum Gasteiger partial charge on any atom is -0.462 e. The van der Waals surface area contributed by atoms with Crippen molar-refractivity contribution in [1.82, 2.24) is 5.32 Å². The summed E-state index contributed by atoms with van der Waals surface area (Å²) < 4.78 is 10.8. The van der Waals surface area contributed by atoms with Crippen molar-refractivity contribution in [3.8, 4) is 11.8 Å². The van der Waals surface area contributed by atoms with Crippen LogP contribution in [0.1, 0.15) is 61.0 Å². The second kappa shape index (κ2) is 14.4. The number of ether oxygens (including phenoxy) is 2. The predicted octanol–water partition coefficient (Wildman–Crippen LogP) is 4.97. The van der Waals surface area contributed by atoms with Crippen LogP contribution in [0.2, 0.25) is 0 Å². The Balaban J connectivity index is 1.52. The van der Waals surface area contributed by atoms with Crippen LogP contribution in [0.3, 0.4) is 0 Å². The van der Waals surface area contributed by atoms with E-state index >= 15 is 0 Å². The third-order valence-electron chi connectivity index (χ3n) is 4.60. The first-order valence-electron chi connectivity index (χ1n) is 10.8. The lowest BCUT2D eigenvalue weighted by Gasteiger charge is -2.07. The molecule has 0 aliphatic rings. The summed E-state index contributed by atoms with van der Waals surface area (Å²) in [5.74, 6) is 5.90. The highest BCUT2D eigenvalue weighted by Crippen LogP contribution is 2.06. The molecule has 4 heteroatoms. The lowest BCUT2D eigenvalue weighted by Crippen LogP contribution is -2.14. The highest BCUT2D eigenvalue weighted by atomic mass is 16.5. The molecule has 2 rings (SSSR count). The molecule has 0 fully saturated rings. The van der Waals surface area contributed by atoms with Gasteiger partial charge in [0.2, 0.25) is 0 Å². The number of rotatable bonds is 12. The molecule has 0 amide bonds. The van der Waals surface area contributed by atoms with Crippen molar-refractivity contribution in [2.75, 3.05) is 19.8 Å². The van der Waals surface area contributed by atoms with Gasteiger partial charge < -0.3 is 14.8 Å². The number of hydrogen-bond acceptors (Lipinski definition) is 4. The molecule has 0 aromatic heterocycles. The van der Waals surface area contributed by atoms with Crippen molar-refractivity contribution in [2.45, 2.75) is 52.2 Å². The number of unbranched alkanes of at least 4 members (excludes halogenated alkanes) is 3. The number of hydrogen-bond donors (Lipinski definition) is 1. The van der Waals surface area contributed by atoms with Crippen LogP contribution >= 0.6 is 0 Å². The molecule has 0 aliphatic carbocycles. The van der Waals surface area contributed by atoms with Crippen LogP contribution in [0.15, 0.2) is 54.6 Å². The van der Waals surface area contributed by atoms with Gasteiger partial charge in [0.25, 0.3) is 0 Å². The first kappa shape index (κ1) is 23.7. The summed E-state index contributed by atoms with van der Waals surface area (Å²) in [5, 5.41) is 3.48. The maximum Gasteiger partial charge on any atom is 0.338 e. The molecule has 1 unspecified atom stereocenters. The van der Waals surface area contributed by atoms with Gasteiger partial charge in [0.15, 0.2) is 0 Å². The van der Waals surface area contributed by atoms with Crippen LogP contribution in [0.25, 0.3) is 0 Å². The highest BCUT2D eigenvalue weighted by Gasteiger charge is 2.04. The van der Waals surface area contributed by atoms with Gasteiger partial charge in [-0.3, -0.25) is 0 Å². The summed E-state index contributed by atoms with van der Waals surface area (Å²) in [7, 11) is 0. The molecule has 160 valence electrons. The molecule has 0 heterocycles. The minimum absolute atomic E-state index is 0.109. The lowest BCUT2D eigenvalue weighted by molar-refractivity contribution is 0.0526. The maximum absolute atomic E-state index is 11.6. The van der Waals surface area contributed by atoms with Gasteiger partial charge in [-0.1, -0.05) is 55.0 Å². The zero-order chi connectivity index (χ0) is 21.4. The average Bonchev–Trinajstić information content (AvgIpc) is 2.77. The van der Waals surface area contributed by atoms with Gasteiger partial charge in [-0.25, -0.2) is 4.79 Å². The summed E-state index contributed by atoms with van der Waals surface area (Å²) in [6.07, 6.45) is 4.51. The molecule has 2 aromatic carbocycles. The third kappa shape index (κ3) is 9.73. The minimum atomic E-state index is -0.305. The molecular formula is C26H33NO3. The van der Waals surface area contributed by atoms with Crippen molar-refractivity contribution in [1.29, 1.82) is 0 Å². The van der Waals surface area contributed by atoms with Gasteiger partial charge in [0.05, 0.1) is 12.2 Å². The molecule has 2 aromatic rings.